The molecule has 2 nitrogen and oxygen atoms in total. The van der Waals surface area contributed by atoms with E-state index < -0.39 is 0 Å². The summed E-state index contributed by atoms with van der Waals surface area (Å²) in [6.45, 7) is 4.34. The van der Waals surface area contributed by atoms with Gasteiger partial charge in [-0.3, -0.25) is 0 Å². The highest BCUT2D eigenvalue weighted by Gasteiger charge is 2.29. The summed E-state index contributed by atoms with van der Waals surface area (Å²) in [6, 6.07) is 0.359. The molecule has 2 rings (SSSR count). The topological polar surface area (TPSA) is 38.9 Å². The Labute approximate surface area is 112 Å². The Balaban J connectivity index is 1.93. The summed E-state index contributed by atoms with van der Waals surface area (Å²) in [6.07, 6.45) is 6.45. The zero-order valence-corrected chi connectivity index (χ0v) is 12.3. The lowest BCUT2D eigenvalue weighted by atomic mass is 9.83. The summed E-state index contributed by atoms with van der Waals surface area (Å²) >= 11 is 3.66. The van der Waals surface area contributed by atoms with Crippen molar-refractivity contribution in [2.75, 3.05) is 0 Å². The van der Waals surface area contributed by atoms with Crippen LogP contribution in [0.3, 0.4) is 0 Å². The molecule has 4 heteroatoms. The maximum Gasteiger partial charge on any atom is 0.150 e. The van der Waals surface area contributed by atoms with Crippen LogP contribution in [0.4, 0.5) is 0 Å². The zero-order chi connectivity index (χ0) is 12.3. The van der Waals surface area contributed by atoms with Gasteiger partial charge in [-0.25, -0.2) is 4.98 Å². The zero-order valence-electron chi connectivity index (χ0n) is 10.7. The molecule has 1 heterocycles. The first kappa shape index (κ1) is 13.4. The quantitative estimate of drug-likeness (QED) is 0.903. The highest BCUT2D eigenvalue weighted by molar-refractivity contribution is 8.01. The first-order valence-corrected chi connectivity index (χ1v) is 8.29. The molecule has 1 aliphatic carbocycles. The molecule has 2 N–H and O–H groups in total. The van der Waals surface area contributed by atoms with Crippen molar-refractivity contribution in [2.45, 2.75) is 61.6 Å². The van der Waals surface area contributed by atoms with Crippen LogP contribution in [0.2, 0.25) is 0 Å². The van der Waals surface area contributed by atoms with Crippen LogP contribution in [-0.2, 0) is 0 Å². The molecule has 0 spiro atoms. The second kappa shape index (κ2) is 6.21. The fraction of sp³-hybridized carbons (Fsp3) is 0.769. The number of nitrogens with zero attached hydrogens (tertiary/aromatic N) is 1. The summed E-state index contributed by atoms with van der Waals surface area (Å²) in [4.78, 5) is 4.54. The van der Waals surface area contributed by atoms with Crippen molar-refractivity contribution in [2.24, 2.45) is 11.7 Å². The maximum absolute atomic E-state index is 6.25. The largest absolute Gasteiger partial charge is 0.327 e. The van der Waals surface area contributed by atoms with Gasteiger partial charge in [-0.15, -0.1) is 11.3 Å². The third-order valence-electron chi connectivity index (χ3n) is 3.50. The molecule has 96 valence electrons. The molecule has 1 saturated carbocycles. The molecule has 0 aromatic carbocycles. The molecule has 3 atom stereocenters. The third kappa shape index (κ3) is 3.70. The Bertz CT molecular complexity index is 351. The highest BCUT2D eigenvalue weighted by atomic mass is 32.2. The molecule has 3 unspecified atom stereocenters. The van der Waals surface area contributed by atoms with E-state index in [9.17, 15) is 0 Å². The Kier molecular flexibility index (Phi) is 4.88. The molecular weight excluding hydrogens is 248 g/mol. The lowest BCUT2D eigenvalue weighted by Crippen LogP contribution is -2.38. The van der Waals surface area contributed by atoms with Crippen molar-refractivity contribution in [3.05, 3.63) is 11.1 Å². The number of thiazole rings is 1. The van der Waals surface area contributed by atoms with E-state index in [4.69, 9.17) is 5.73 Å². The first-order valence-electron chi connectivity index (χ1n) is 6.53. The van der Waals surface area contributed by atoms with Gasteiger partial charge in [-0.05, 0) is 32.1 Å². The van der Waals surface area contributed by atoms with Crippen molar-refractivity contribution in [1.82, 2.24) is 4.98 Å². The van der Waals surface area contributed by atoms with E-state index in [0.717, 1.165) is 11.6 Å². The number of hydrogen-bond acceptors (Lipinski definition) is 4. The van der Waals surface area contributed by atoms with Crippen LogP contribution in [0.5, 0.6) is 0 Å². The molecule has 0 radical (unpaired) electrons. The number of hydrogen-bond donors (Lipinski definition) is 1. The molecule has 1 aromatic heterocycles. The van der Waals surface area contributed by atoms with Gasteiger partial charge in [-0.1, -0.05) is 31.5 Å². The minimum Gasteiger partial charge on any atom is -0.327 e. The van der Waals surface area contributed by atoms with Crippen molar-refractivity contribution in [1.29, 1.82) is 0 Å². The number of nitrogens with two attached hydrogens (primary N) is 1. The Hall–Kier alpha value is -0.0600. The highest BCUT2D eigenvalue weighted by Crippen LogP contribution is 2.38. The normalized spacial score (nSPS) is 29.5. The summed E-state index contributed by atoms with van der Waals surface area (Å²) < 4.78 is 1.19. The number of thioether (sulfide) groups is 1. The van der Waals surface area contributed by atoms with Crippen molar-refractivity contribution < 1.29 is 0 Å². The van der Waals surface area contributed by atoms with Crippen molar-refractivity contribution in [3.63, 3.8) is 0 Å². The van der Waals surface area contributed by atoms with E-state index >= 15 is 0 Å². The molecule has 1 fully saturated rings. The maximum atomic E-state index is 6.25. The minimum atomic E-state index is 0.359. The van der Waals surface area contributed by atoms with Crippen LogP contribution in [-0.4, -0.2) is 16.3 Å². The number of aromatic nitrogens is 1. The molecular formula is C13H22N2S2. The summed E-state index contributed by atoms with van der Waals surface area (Å²) in [5, 5.41) is 2.70. The SMILES string of the molecule is CCCC1CCC(N)C(Sc2nc(C)cs2)C1. The fourth-order valence-corrected chi connectivity index (χ4v) is 4.95. The van der Waals surface area contributed by atoms with E-state index in [-0.39, 0.29) is 0 Å². The third-order valence-corrected chi connectivity index (χ3v) is 5.97. The van der Waals surface area contributed by atoms with Gasteiger partial charge < -0.3 is 5.73 Å². The summed E-state index contributed by atoms with van der Waals surface area (Å²) in [7, 11) is 0. The molecule has 0 saturated heterocycles. The van der Waals surface area contributed by atoms with Crippen LogP contribution >= 0.6 is 23.1 Å². The summed E-state index contributed by atoms with van der Waals surface area (Å²) in [5.41, 5.74) is 7.38. The molecule has 17 heavy (non-hydrogen) atoms. The molecule has 0 bridgehead atoms. The smallest absolute Gasteiger partial charge is 0.150 e. The lowest BCUT2D eigenvalue weighted by Gasteiger charge is -2.33. The van der Waals surface area contributed by atoms with Crippen LogP contribution in [0.25, 0.3) is 0 Å². The second-order valence-corrected chi connectivity index (χ2v) is 7.39. The van der Waals surface area contributed by atoms with Gasteiger partial charge in [0.05, 0.1) is 0 Å². The van der Waals surface area contributed by atoms with E-state index in [1.54, 1.807) is 11.3 Å². The minimum absolute atomic E-state index is 0.359. The average molecular weight is 270 g/mol. The molecule has 0 aliphatic heterocycles. The monoisotopic (exact) mass is 270 g/mol. The molecule has 1 aliphatic rings. The van der Waals surface area contributed by atoms with Crippen molar-refractivity contribution in [3.8, 4) is 0 Å². The summed E-state index contributed by atoms with van der Waals surface area (Å²) in [5.74, 6) is 0.887. The van der Waals surface area contributed by atoms with Crippen LogP contribution < -0.4 is 5.73 Å². The van der Waals surface area contributed by atoms with E-state index in [1.807, 2.05) is 11.8 Å². The van der Waals surface area contributed by atoms with Crippen LogP contribution in [0.15, 0.2) is 9.72 Å². The van der Waals surface area contributed by atoms with Crippen LogP contribution in [0, 0.1) is 12.8 Å². The first-order chi connectivity index (χ1) is 8.19. The standard InChI is InChI=1S/C13H22N2S2/c1-3-4-10-5-6-11(14)12(7-10)17-13-15-9(2)8-16-13/h8,10-12H,3-7,14H2,1-2H3. The van der Waals surface area contributed by atoms with Crippen molar-refractivity contribution >= 4 is 23.1 Å². The Morgan fingerprint density at radius 3 is 3.00 bits per heavy atom. The average Bonchev–Trinajstić information content (AvgIpc) is 2.69. The number of aryl methyl sites for hydroxylation is 1. The molecule has 1 aromatic rings. The van der Waals surface area contributed by atoms with Gasteiger partial charge in [0.1, 0.15) is 4.34 Å². The van der Waals surface area contributed by atoms with E-state index in [2.05, 4.69) is 24.2 Å². The number of rotatable bonds is 4. The predicted molar refractivity (Wildman–Crippen MR) is 76.7 cm³/mol. The van der Waals surface area contributed by atoms with E-state index in [0.29, 0.717) is 11.3 Å². The van der Waals surface area contributed by atoms with E-state index in [1.165, 1.54) is 36.4 Å². The van der Waals surface area contributed by atoms with Gasteiger partial charge in [0, 0.05) is 22.4 Å². The van der Waals surface area contributed by atoms with Gasteiger partial charge in [0.2, 0.25) is 0 Å². The Morgan fingerprint density at radius 1 is 1.53 bits per heavy atom. The fourth-order valence-electron chi connectivity index (χ4n) is 2.56. The lowest BCUT2D eigenvalue weighted by molar-refractivity contribution is 0.317. The van der Waals surface area contributed by atoms with Gasteiger partial charge in [-0.2, -0.15) is 0 Å². The molecule has 0 amide bonds. The predicted octanol–water partition coefficient (Wildman–Crippen LogP) is 3.84. The Morgan fingerprint density at radius 2 is 2.35 bits per heavy atom. The van der Waals surface area contributed by atoms with Crippen LogP contribution in [0.1, 0.15) is 44.7 Å². The van der Waals surface area contributed by atoms with Gasteiger partial charge >= 0.3 is 0 Å². The van der Waals surface area contributed by atoms with Gasteiger partial charge in [0.25, 0.3) is 0 Å². The second-order valence-electron chi connectivity index (χ2n) is 5.04. The van der Waals surface area contributed by atoms with Gasteiger partial charge in [0.15, 0.2) is 0 Å².